The fourth-order valence-corrected chi connectivity index (χ4v) is 8.37. The summed E-state index contributed by atoms with van der Waals surface area (Å²) in [5.41, 5.74) is 12.3. The Balaban J connectivity index is 0.000000386. The molecule has 0 saturated heterocycles. The molecule has 0 amide bonds. The molecule has 9 rings (SSSR count). The van der Waals surface area contributed by atoms with Gasteiger partial charge in [-0.2, -0.15) is 49.2 Å². The van der Waals surface area contributed by atoms with Gasteiger partial charge in [0, 0.05) is 48.1 Å². The summed E-state index contributed by atoms with van der Waals surface area (Å²) in [5.74, 6) is 0.656. The zero-order valence-corrected chi connectivity index (χ0v) is 41.4. The quantitative estimate of drug-likeness (QED) is 0.106. The van der Waals surface area contributed by atoms with E-state index in [2.05, 4.69) is 172 Å². The second-order valence-corrected chi connectivity index (χ2v) is 16.8. The Morgan fingerprint density at radius 1 is 0.516 bits per heavy atom. The molecule has 0 unspecified atom stereocenters. The van der Waals surface area contributed by atoms with Crippen LogP contribution in [0.1, 0.15) is 38.9 Å². The standard InChI is InChI=1S/C44H45N3O2.2C7H7.Hf/c1-29-24-33(43(48)38(26-29)42-31(3)18-19-32-12-6-7-13-35(32)42)20-21-46(23-22-45(4)5)28-34-25-30(2)27-41(44(34)49)47-39-16-10-8-14-36(39)37-15-9-11-17-40(37)47;2*1-7-5-3-2-4-6-7;/h6-19,24-27,48-49H,20-23,28H2,1-5H3;2*2-6H,1H2;/q;2*-1;+4. The van der Waals surface area contributed by atoms with Gasteiger partial charge in [0.15, 0.2) is 0 Å². The molecular weight excluding hydrogens is 949 g/mol. The van der Waals surface area contributed by atoms with E-state index in [1.807, 2.05) is 60.7 Å². The summed E-state index contributed by atoms with van der Waals surface area (Å²) in [6.45, 7) is 16.8. The number of aryl methyl sites for hydroxylation is 3. The van der Waals surface area contributed by atoms with E-state index >= 15 is 0 Å². The minimum Gasteiger partial charge on any atom is -0.507 e. The molecule has 0 radical (unpaired) electrons. The maximum Gasteiger partial charge on any atom is 4.00 e. The van der Waals surface area contributed by atoms with Gasteiger partial charge in [0.25, 0.3) is 0 Å². The molecule has 320 valence electrons. The molecule has 0 saturated carbocycles. The summed E-state index contributed by atoms with van der Waals surface area (Å²) in [6, 6.07) is 57.7. The minimum absolute atomic E-state index is 0. The first-order valence-electron chi connectivity index (χ1n) is 21.7. The Morgan fingerprint density at radius 3 is 1.59 bits per heavy atom. The van der Waals surface area contributed by atoms with Crippen molar-refractivity contribution in [3.05, 3.63) is 223 Å². The first-order valence-corrected chi connectivity index (χ1v) is 21.7. The normalized spacial score (nSPS) is 11.0. The molecule has 5 nitrogen and oxygen atoms in total. The Bertz CT molecular complexity index is 2850. The molecule has 0 atom stereocenters. The fraction of sp³-hybridized carbons (Fsp3) is 0.172. The van der Waals surface area contributed by atoms with Crippen molar-refractivity contribution in [2.45, 2.75) is 33.7 Å². The maximum atomic E-state index is 12.0. The number of likely N-dealkylation sites (N-methyl/N-ethyl adjacent to an activating group) is 1. The van der Waals surface area contributed by atoms with Gasteiger partial charge < -0.3 is 19.7 Å². The number of phenolic OH excluding ortho intramolecular Hbond substituents is 2. The number of fused-ring (bicyclic) bond motifs is 4. The number of nitrogens with zero attached hydrogens (tertiary/aromatic N) is 3. The fourth-order valence-electron chi connectivity index (χ4n) is 8.37. The van der Waals surface area contributed by atoms with Crippen molar-refractivity contribution in [2.24, 2.45) is 0 Å². The summed E-state index contributed by atoms with van der Waals surface area (Å²) in [6.07, 6.45) is 0.685. The topological polar surface area (TPSA) is 51.9 Å². The third-order valence-electron chi connectivity index (χ3n) is 11.5. The van der Waals surface area contributed by atoms with Crippen LogP contribution in [-0.4, -0.2) is 58.3 Å². The first-order chi connectivity index (χ1) is 30.5. The van der Waals surface area contributed by atoms with Crippen molar-refractivity contribution in [2.75, 3.05) is 33.7 Å². The van der Waals surface area contributed by atoms with Crippen LogP contribution in [0.4, 0.5) is 0 Å². The number of hydrogen-bond acceptors (Lipinski definition) is 4. The summed E-state index contributed by atoms with van der Waals surface area (Å²) < 4.78 is 2.20. The molecule has 64 heavy (non-hydrogen) atoms. The monoisotopic (exact) mass is 1010 g/mol. The predicted molar refractivity (Wildman–Crippen MR) is 267 cm³/mol. The van der Waals surface area contributed by atoms with Gasteiger partial charge >= 0.3 is 25.8 Å². The molecule has 8 aromatic carbocycles. The van der Waals surface area contributed by atoms with Gasteiger partial charge in [-0.1, -0.05) is 97.1 Å². The molecule has 0 fully saturated rings. The second-order valence-electron chi connectivity index (χ2n) is 16.8. The van der Waals surface area contributed by atoms with E-state index in [0.29, 0.717) is 24.5 Å². The SMILES string of the molecule is Cc1cc(CCN(CCN(C)C)Cc2cc(C)cc(-n3c4ccccc4c4ccccc43)c2O)c(O)c(-c2c(C)ccc3ccccc23)c1.[CH2-]c1ccccc1.[CH2-]c1ccccc1.[Hf+4]. The third kappa shape index (κ3) is 11.4. The number of para-hydroxylation sites is 2. The Morgan fingerprint density at radius 2 is 1.03 bits per heavy atom. The summed E-state index contributed by atoms with van der Waals surface area (Å²) >= 11 is 0. The van der Waals surface area contributed by atoms with E-state index in [4.69, 9.17) is 0 Å². The number of hydrogen-bond donors (Lipinski definition) is 2. The van der Waals surface area contributed by atoms with E-state index in [1.54, 1.807) is 0 Å². The summed E-state index contributed by atoms with van der Waals surface area (Å²) in [5, 5.41) is 28.4. The number of benzene rings is 8. The van der Waals surface area contributed by atoms with Crippen LogP contribution in [0.3, 0.4) is 0 Å². The van der Waals surface area contributed by atoms with Gasteiger partial charge in [-0.15, -0.1) is 24.3 Å². The first kappa shape index (κ1) is 47.4. The minimum atomic E-state index is 0. The van der Waals surface area contributed by atoms with Crippen LogP contribution in [0.25, 0.3) is 49.4 Å². The third-order valence-corrected chi connectivity index (χ3v) is 11.5. The second kappa shape index (κ2) is 22.0. The number of rotatable bonds is 10. The van der Waals surface area contributed by atoms with Crippen LogP contribution in [0.2, 0.25) is 0 Å². The average molecular weight is 1010 g/mol. The zero-order valence-electron chi connectivity index (χ0n) is 37.9. The van der Waals surface area contributed by atoms with Crippen LogP contribution >= 0.6 is 0 Å². The van der Waals surface area contributed by atoms with Gasteiger partial charge in [0.05, 0.1) is 16.7 Å². The largest absolute Gasteiger partial charge is 4.00 e. The van der Waals surface area contributed by atoms with Gasteiger partial charge in [-0.25, -0.2) is 0 Å². The van der Waals surface area contributed by atoms with Crippen molar-refractivity contribution < 1.29 is 36.1 Å². The molecular formula is C58H59HfN3O2+2. The van der Waals surface area contributed by atoms with Gasteiger partial charge in [0.1, 0.15) is 11.5 Å². The van der Waals surface area contributed by atoms with Gasteiger partial charge in [-0.05, 0) is 104 Å². The van der Waals surface area contributed by atoms with E-state index in [-0.39, 0.29) is 25.8 Å². The Kier molecular flexibility index (Phi) is 16.3. The molecule has 0 aliphatic heterocycles. The van der Waals surface area contributed by atoms with Crippen molar-refractivity contribution in [1.82, 2.24) is 14.4 Å². The Labute approximate surface area is 399 Å². The molecule has 0 aliphatic carbocycles. The number of aromatic hydroxyl groups is 2. The summed E-state index contributed by atoms with van der Waals surface area (Å²) in [4.78, 5) is 4.59. The van der Waals surface area contributed by atoms with Crippen LogP contribution in [0.15, 0.2) is 170 Å². The van der Waals surface area contributed by atoms with Crippen LogP contribution in [-0.2, 0) is 38.8 Å². The molecule has 0 aliphatic rings. The maximum absolute atomic E-state index is 12.0. The van der Waals surface area contributed by atoms with Crippen molar-refractivity contribution in [3.8, 4) is 28.3 Å². The Hall–Kier alpha value is -6.05. The van der Waals surface area contributed by atoms with E-state index in [0.717, 1.165) is 91.8 Å². The van der Waals surface area contributed by atoms with Crippen molar-refractivity contribution >= 4 is 32.6 Å². The van der Waals surface area contributed by atoms with Crippen molar-refractivity contribution in [1.29, 1.82) is 0 Å². The van der Waals surface area contributed by atoms with Gasteiger partial charge in [0.2, 0.25) is 0 Å². The van der Waals surface area contributed by atoms with Crippen LogP contribution in [0.5, 0.6) is 11.5 Å². The average Bonchev–Trinajstić information content (AvgIpc) is 3.62. The number of aromatic nitrogens is 1. The smallest absolute Gasteiger partial charge is 0.507 e. The zero-order chi connectivity index (χ0) is 44.5. The van der Waals surface area contributed by atoms with Crippen LogP contribution in [0, 0.1) is 34.6 Å². The molecule has 1 heterocycles. The van der Waals surface area contributed by atoms with E-state index in [9.17, 15) is 10.2 Å². The summed E-state index contributed by atoms with van der Waals surface area (Å²) in [7, 11) is 4.18. The van der Waals surface area contributed by atoms with E-state index < -0.39 is 0 Å². The molecule has 6 heteroatoms. The van der Waals surface area contributed by atoms with Crippen molar-refractivity contribution in [3.63, 3.8) is 0 Å². The molecule has 9 aromatic rings. The van der Waals surface area contributed by atoms with E-state index in [1.165, 1.54) is 16.2 Å². The molecule has 0 spiro atoms. The van der Waals surface area contributed by atoms with Gasteiger partial charge in [-0.3, -0.25) is 4.90 Å². The molecule has 1 aromatic heterocycles. The molecule has 0 bridgehead atoms. The number of phenols is 2. The predicted octanol–water partition coefficient (Wildman–Crippen LogP) is 13.3. The van der Waals surface area contributed by atoms with Crippen LogP contribution < -0.4 is 0 Å². The molecule has 2 N–H and O–H groups in total.